The van der Waals surface area contributed by atoms with Crippen molar-refractivity contribution in [2.45, 2.75) is 19.9 Å². The maximum Gasteiger partial charge on any atom is 0.418 e. The lowest BCUT2D eigenvalue weighted by Gasteiger charge is -2.34. The van der Waals surface area contributed by atoms with E-state index in [9.17, 15) is 14.9 Å². The molecule has 0 fully saturated rings. The minimum Gasteiger partial charge on any atom is -0.449 e. The second kappa shape index (κ2) is 7.75. The zero-order chi connectivity index (χ0) is 19.4. The van der Waals surface area contributed by atoms with E-state index < -0.39 is 18.2 Å². The molecule has 0 aliphatic carbocycles. The molecule has 2 aromatic carbocycles. The maximum absolute atomic E-state index is 12.5. The van der Waals surface area contributed by atoms with Crippen molar-refractivity contribution in [1.82, 2.24) is 10.2 Å². The van der Waals surface area contributed by atoms with Crippen LogP contribution < -0.4 is 5.32 Å². The summed E-state index contributed by atoms with van der Waals surface area (Å²) in [7, 11) is 0. The van der Waals surface area contributed by atoms with Crippen LogP contribution in [0.5, 0.6) is 0 Å². The summed E-state index contributed by atoms with van der Waals surface area (Å²) < 4.78 is 5.04. The second-order valence-electron chi connectivity index (χ2n) is 6.04. The van der Waals surface area contributed by atoms with Crippen molar-refractivity contribution in [1.29, 1.82) is 5.26 Å². The van der Waals surface area contributed by atoms with Gasteiger partial charge in [-0.15, -0.1) is 0 Å². The maximum atomic E-state index is 12.5. The molecule has 6 heteroatoms. The number of urea groups is 1. The van der Waals surface area contributed by atoms with Gasteiger partial charge in [0.25, 0.3) is 0 Å². The average Bonchev–Trinajstić information content (AvgIpc) is 2.68. The first-order valence-electron chi connectivity index (χ1n) is 8.60. The van der Waals surface area contributed by atoms with Crippen molar-refractivity contribution in [3.8, 4) is 17.2 Å². The number of allylic oxidation sites excluding steroid dienone is 1. The number of rotatable bonds is 3. The van der Waals surface area contributed by atoms with Crippen LogP contribution in [-0.2, 0) is 4.74 Å². The van der Waals surface area contributed by atoms with Crippen molar-refractivity contribution in [3.05, 3.63) is 71.4 Å². The molecule has 0 spiro atoms. The van der Waals surface area contributed by atoms with E-state index >= 15 is 0 Å². The van der Waals surface area contributed by atoms with E-state index in [1.807, 2.05) is 48.5 Å². The van der Waals surface area contributed by atoms with Gasteiger partial charge in [-0.2, -0.15) is 5.26 Å². The van der Waals surface area contributed by atoms with Gasteiger partial charge in [-0.1, -0.05) is 48.5 Å². The van der Waals surface area contributed by atoms with Gasteiger partial charge in [0.2, 0.25) is 0 Å². The molecule has 1 N–H and O–H groups in total. The van der Waals surface area contributed by atoms with E-state index in [1.54, 1.807) is 19.9 Å². The van der Waals surface area contributed by atoms with Crippen LogP contribution in [0.25, 0.3) is 11.1 Å². The van der Waals surface area contributed by atoms with Crippen molar-refractivity contribution >= 4 is 12.1 Å². The fraction of sp³-hybridized carbons (Fsp3) is 0.190. The molecule has 1 unspecified atom stereocenters. The SMILES string of the molecule is CCOC(=O)N1C(=O)NC(C)=C(C#N)C1c1cccc(-c2ccccc2)c1. The molecule has 0 saturated heterocycles. The van der Waals surface area contributed by atoms with Crippen molar-refractivity contribution in [2.75, 3.05) is 6.61 Å². The van der Waals surface area contributed by atoms with E-state index in [1.165, 1.54) is 0 Å². The van der Waals surface area contributed by atoms with Crippen LogP contribution in [0, 0.1) is 11.3 Å². The van der Waals surface area contributed by atoms with Crippen molar-refractivity contribution in [3.63, 3.8) is 0 Å². The topological polar surface area (TPSA) is 82.4 Å². The number of hydrogen-bond donors (Lipinski definition) is 1. The molecule has 6 nitrogen and oxygen atoms in total. The summed E-state index contributed by atoms with van der Waals surface area (Å²) in [6.45, 7) is 3.44. The van der Waals surface area contributed by atoms with Gasteiger partial charge in [-0.3, -0.25) is 0 Å². The first-order chi connectivity index (χ1) is 13.1. The Balaban J connectivity index is 2.12. The van der Waals surface area contributed by atoms with Gasteiger partial charge in [-0.25, -0.2) is 14.5 Å². The van der Waals surface area contributed by atoms with E-state index in [4.69, 9.17) is 4.74 Å². The van der Waals surface area contributed by atoms with Crippen LogP contribution in [0.3, 0.4) is 0 Å². The third-order valence-corrected chi connectivity index (χ3v) is 4.34. The van der Waals surface area contributed by atoms with Crippen LogP contribution in [0.1, 0.15) is 25.5 Å². The van der Waals surface area contributed by atoms with Crippen LogP contribution >= 0.6 is 0 Å². The summed E-state index contributed by atoms with van der Waals surface area (Å²) in [6, 6.07) is 17.9. The summed E-state index contributed by atoms with van der Waals surface area (Å²) in [5, 5.41) is 12.2. The summed E-state index contributed by atoms with van der Waals surface area (Å²) >= 11 is 0. The Morgan fingerprint density at radius 1 is 1.19 bits per heavy atom. The van der Waals surface area contributed by atoms with E-state index in [2.05, 4.69) is 11.4 Å². The van der Waals surface area contributed by atoms with E-state index in [0.29, 0.717) is 16.8 Å². The Morgan fingerprint density at radius 3 is 2.56 bits per heavy atom. The number of nitrogens with one attached hydrogen (secondary N) is 1. The molecule has 0 bridgehead atoms. The number of amides is 3. The molecule has 3 rings (SSSR count). The highest BCUT2D eigenvalue weighted by atomic mass is 16.6. The molecular formula is C21H19N3O3. The highest BCUT2D eigenvalue weighted by molar-refractivity contribution is 5.94. The largest absolute Gasteiger partial charge is 0.449 e. The Kier molecular flexibility index (Phi) is 5.23. The smallest absolute Gasteiger partial charge is 0.418 e. The lowest BCUT2D eigenvalue weighted by Crippen LogP contribution is -2.50. The Morgan fingerprint density at radius 2 is 1.89 bits per heavy atom. The molecule has 1 aliphatic rings. The van der Waals surface area contributed by atoms with Gasteiger partial charge >= 0.3 is 12.1 Å². The molecule has 1 aliphatic heterocycles. The fourth-order valence-electron chi connectivity index (χ4n) is 3.10. The standard InChI is InChI=1S/C21H19N3O3/c1-3-27-21(26)24-19(18(13-22)14(2)23-20(24)25)17-11-7-10-16(12-17)15-8-5-4-6-9-15/h4-12,19H,3H2,1-2H3,(H,23,25). The molecule has 3 amide bonds. The minimum atomic E-state index is -0.841. The van der Waals surface area contributed by atoms with Crippen molar-refractivity contribution < 1.29 is 14.3 Å². The summed E-state index contributed by atoms with van der Waals surface area (Å²) in [5.41, 5.74) is 3.32. The first-order valence-corrected chi connectivity index (χ1v) is 8.60. The molecule has 136 valence electrons. The van der Waals surface area contributed by atoms with Crippen LogP contribution in [0.15, 0.2) is 65.9 Å². The number of carbonyl (C=O) groups excluding carboxylic acids is 2. The number of hydrogen-bond acceptors (Lipinski definition) is 4. The zero-order valence-corrected chi connectivity index (χ0v) is 15.1. The van der Waals surface area contributed by atoms with Crippen LogP contribution in [0.4, 0.5) is 9.59 Å². The van der Waals surface area contributed by atoms with Crippen molar-refractivity contribution in [2.24, 2.45) is 0 Å². The molecule has 0 aromatic heterocycles. The van der Waals surface area contributed by atoms with Gasteiger partial charge in [0, 0.05) is 5.70 Å². The third-order valence-electron chi connectivity index (χ3n) is 4.34. The van der Waals surface area contributed by atoms with Gasteiger partial charge in [0.05, 0.1) is 18.2 Å². The number of carbonyl (C=O) groups is 2. The minimum absolute atomic E-state index is 0.129. The predicted molar refractivity (Wildman–Crippen MR) is 100 cm³/mol. The number of nitriles is 1. The molecule has 1 heterocycles. The molecule has 1 atom stereocenters. The Hall–Kier alpha value is -3.59. The summed E-state index contributed by atoms with van der Waals surface area (Å²) in [4.78, 5) is 25.9. The number of ether oxygens (including phenoxy) is 1. The Labute approximate surface area is 157 Å². The molecule has 2 aromatic rings. The lowest BCUT2D eigenvalue weighted by molar-refractivity contribution is 0.104. The normalized spacial score (nSPS) is 16.6. The zero-order valence-electron chi connectivity index (χ0n) is 15.1. The second-order valence-corrected chi connectivity index (χ2v) is 6.04. The summed E-state index contributed by atoms with van der Waals surface area (Å²) in [5.74, 6) is 0. The molecule has 27 heavy (non-hydrogen) atoms. The van der Waals surface area contributed by atoms with Gasteiger partial charge in [0.15, 0.2) is 0 Å². The molecular weight excluding hydrogens is 342 g/mol. The number of imide groups is 1. The van der Waals surface area contributed by atoms with Crippen LogP contribution in [0.2, 0.25) is 0 Å². The highest BCUT2D eigenvalue weighted by Gasteiger charge is 2.39. The third kappa shape index (κ3) is 3.53. The van der Waals surface area contributed by atoms with Crippen LogP contribution in [-0.4, -0.2) is 23.6 Å². The summed E-state index contributed by atoms with van der Waals surface area (Å²) in [6.07, 6.45) is -0.787. The first kappa shape index (κ1) is 18.2. The van der Waals surface area contributed by atoms with Gasteiger partial charge in [0.1, 0.15) is 6.04 Å². The Bertz CT molecular complexity index is 945. The number of nitrogens with zero attached hydrogens (tertiary/aromatic N) is 2. The average molecular weight is 361 g/mol. The predicted octanol–water partition coefficient (Wildman–Crippen LogP) is 4.37. The molecule has 0 radical (unpaired) electrons. The van der Waals surface area contributed by atoms with E-state index in [-0.39, 0.29) is 6.61 Å². The monoisotopic (exact) mass is 361 g/mol. The molecule has 0 saturated carbocycles. The van der Waals surface area contributed by atoms with Gasteiger partial charge in [-0.05, 0) is 36.6 Å². The highest BCUT2D eigenvalue weighted by Crippen LogP contribution is 2.35. The quantitative estimate of drug-likeness (QED) is 0.880. The van der Waals surface area contributed by atoms with E-state index in [0.717, 1.165) is 16.0 Å². The number of benzene rings is 2. The lowest BCUT2D eigenvalue weighted by atomic mass is 9.92. The fourth-order valence-corrected chi connectivity index (χ4v) is 3.10. The van der Waals surface area contributed by atoms with Gasteiger partial charge < -0.3 is 10.1 Å².